The van der Waals surface area contributed by atoms with Crippen molar-refractivity contribution in [2.24, 2.45) is 5.92 Å². The lowest BCUT2D eigenvalue weighted by Crippen LogP contribution is -2.38. The fraction of sp³-hybridized carbons (Fsp3) is 0.438. The second-order valence-electron chi connectivity index (χ2n) is 11.6. The first-order valence-electron chi connectivity index (χ1n) is 15.0. The Morgan fingerprint density at radius 3 is 2.50 bits per heavy atom. The van der Waals surface area contributed by atoms with Crippen LogP contribution in [0.2, 0.25) is 0 Å². The molecule has 0 radical (unpaired) electrons. The van der Waals surface area contributed by atoms with E-state index in [-0.39, 0.29) is 19.1 Å². The van der Waals surface area contributed by atoms with Gasteiger partial charge in [0.1, 0.15) is 5.75 Å². The third kappa shape index (κ3) is 8.03. The maximum absolute atomic E-state index is 11.7. The third-order valence-corrected chi connectivity index (χ3v) is 9.68. The Balaban J connectivity index is 1.52. The average molecular weight is 644 g/mol. The van der Waals surface area contributed by atoms with E-state index in [0.29, 0.717) is 48.2 Å². The summed E-state index contributed by atoms with van der Waals surface area (Å²) in [5.74, 6) is 0.750. The standard InChI is InChI=1S/C32H38N2O8S2/c1-3-24(20-31-33(15-7-8-17-43(35,36)37)27-19-23(2)11-13-29(27)41-31)21-32-34(16-18-44(38,39)40)28-22-26(12-14-30(28)42-32)25-9-5-4-6-10-25/h4-6,9-10,12,14,20-23,29H,3,7-8,11,13,15-19H2,1-2H3/p+1. The summed E-state index contributed by atoms with van der Waals surface area (Å²) in [5.41, 5.74) is 5.29. The minimum absolute atomic E-state index is 0.00733. The van der Waals surface area contributed by atoms with Crippen LogP contribution in [0.1, 0.15) is 58.3 Å². The second kappa shape index (κ2) is 13.4. The van der Waals surface area contributed by atoms with Crippen LogP contribution in [0, 0.1) is 5.92 Å². The number of ether oxygens (including phenoxy) is 1. The van der Waals surface area contributed by atoms with E-state index in [0.717, 1.165) is 36.0 Å². The number of aryl methyl sites for hydroxylation is 1. The van der Waals surface area contributed by atoms with Crippen LogP contribution in [0.4, 0.5) is 0 Å². The minimum Gasteiger partial charge on any atom is -0.748 e. The van der Waals surface area contributed by atoms with Gasteiger partial charge in [0.15, 0.2) is 19.2 Å². The molecule has 1 fully saturated rings. The van der Waals surface area contributed by atoms with Crippen molar-refractivity contribution in [3.63, 3.8) is 0 Å². The van der Waals surface area contributed by atoms with E-state index in [9.17, 15) is 25.9 Å². The van der Waals surface area contributed by atoms with Gasteiger partial charge in [-0.25, -0.2) is 8.42 Å². The van der Waals surface area contributed by atoms with Gasteiger partial charge in [-0.1, -0.05) is 50.2 Å². The van der Waals surface area contributed by atoms with Gasteiger partial charge in [0, 0.05) is 24.7 Å². The Hall–Kier alpha value is -3.32. The summed E-state index contributed by atoms with van der Waals surface area (Å²) in [7, 11) is -8.49. The Bertz CT molecular complexity index is 1820. The molecule has 12 heteroatoms. The fourth-order valence-corrected chi connectivity index (χ4v) is 6.86. The highest BCUT2D eigenvalue weighted by molar-refractivity contribution is 7.85. The minimum atomic E-state index is -4.27. The van der Waals surface area contributed by atoms with Gasteiger partial charge in [0.25, 0.3) is 15.6 Å². The molecule has 0 spiro atoms. The zero-order valence-corrected chi connectivity index (χ0v) is 26.6. The van der Waals surface area contributed by atoms with Crippen LogP contribution in [0.25, 0.3) is 28.3 Å². The molecular formula is C32H39N2O8S2+. The lowest BCUT2D eigenvalue weighted by Gasteiger charge is -2.19. The number of fused-ring (bicyclic) bond motifs is 2. The molecule has 0 bridgehead atoms. The maximum Gasteiger partial charge on any atom is 0.374 e. The maximum atomic E-state index is 11.7. The van der Waals surface area contributed by atoms with Gasteiger partial charge in [-0.3, -0.25) is 4.55 Å². The normalized spacial score (nSPS) is 20.4. The summed E-state index contributed by atoms with van der Waals surface area (Å²) in [6, 6.07) is 15.6. The highest BCUT2D eigenvalue weighted by Crippen LogP contribution is 2.32. The van der Waals surface area contributed by atoms with Gasteiger partial charge in [-0.15, -0.1) is 0 Å². The van der Waals surface area contributed by atoms with Gasteiger partial charge < -0.3 is 13.7 Å². The number of aromatic nitrogens is 1. The molecule has 1 aliphatic heterocycles. The van der Waals surface area contributed by atoms with Crippen LogP contribution < -0.4 is 4.57 Å². The molecule has 3 aromatic rings. The van der Waals surface area contributed by atoms with Crippen molar-refractivity contribution >= 4 is 43.1 Å². The summed E-state index contributed by atoms with van der Waals surface area (Å²) in [4.78, 5) is 0. The first-order valence-corrected chi connectivity index (χ1v) is 18.2. The Labute approximate surface area is 258 Å². The first kappa shape index (κ1) is 32.1. The van der Waals surface area contributed by atoms with Gasteiger partial charge >= 0.3 is 11.8 Å². The molecule has 2 heterocycles. The summed E-state index contributed by atoms with van der Waals surface area (Å²) >= 11 is 0. The monoisotopic (exact) mass is 643 g/mol. The van der Waals surface area contributed by atoms with Crippen molar-refractivity contribution in [3.05, 3.63) is 72.0 Å². The fourth-order valence-electron chi connectivity index (χ4n) is 5.89. The highest BCUT2D eigenvalue weighted by atomic mass is 32.2. The largest absolute Gasteiger partial charge is 0.748 e. The number of allylic oxidation sites excluding steroid dienone is 2. The van der Waals surface area contributed by atoms with E-state index in [1.165, 1.54) is 5.71 Å². The molecular weight excluding hydrogens is 604 g/mol. The molecule has 0 amide bonds. The van der Waals surface area contributed by atoms with Gasteiger partial charge in [0.2, 0.25) is 11.3 Å². The van der Waals surface area contributed by atoms with Crippen molar-refractivity contribution < 1.29 is 44.2 Å². The number of rotatable bonds is 12. The SMILES string of the molecule is CCC(=Cc1oc2ccc(-c3ccccc3)cc2[n+]1CCS(=O)(=O)O)C=C1OC2CCC(C)CC2=[N+]1CCCCS(=O)(=O)[O-]. The molecule has 5 rings (SSSR count). The third-order valence-electron chi connectivity index (χ3n) is 8.19. The molecule has 1 saturated carbocycles. The van der Waals surface area contributed by atoms with Gasteiger partial charge in [-0.2, -0.15) is 17.6 Å². The quantitative estimate of drug-likeness (QED) is 0.167. The molecule has 2 aromatic carbocycles. The molecule has 2 unspecified atom stereocenters. The summed E-state index contributed by atoms with van der Waals surface area (Å²) in [6.45, 7) is 4.74. The number of hydrogen-bond acceptors (Lipinski definition) is 7. The summed E-state index contributed by atoms with van der Waals surface area (Å²) in [6.07, 6.45) is 8.03. The molecule has 44 heavy (non-hydrogen) atoms. The van der Waals surface area contributed by atoms with Crippen molar-refractivity contribution in [2.75, 3.05) is 18.1 Å². The van der Waals surface area contributed by atoms with E-state index in [1.807, 2.05) is 67.6 Å². The van der Waals surface area contributed by atoms with E-state index in [4.69, 9.17) is 9.15 Å². The van der Waals surface area contributed by atoms with Gasteiger partial charge in [0.05, 0.1) is 22.3 Å². The number of unbranched alkanes of at least 4 members (excludes halogenated alkanes) is 1. The van der Waals surface area contributed by atoms with Crippen LogP contribution in [0.5, 0.6) is 0 Å². The molecule has 0 saturated heterocycles. The van der Waals surface area contributed by atoms with E-state index < -0.39 is 31.7 Å². The first-order chi connectivity index (χ1) is 20.9. The highest BCUT2D eigenvalue weighted by Gasteiger charge is 2.42. The lowest BCUT2D eigenvalue weighted by atomic mass is 9.87. The van der Waals surface area contributed by atoms with E-state index >= 15 is 0 Å². The van der Waals surface area contributed by atoms with Gasteiger partial charge in [-0.05, 0) is 54.4 Å². The topological polar surface area (TPSA) is 141 Å². The Morgan fingerprint density at radius 1 is 1.02 bits per heavy atom. The lowest BCUT2D eigenvalue weighted by molar-refractivity contribution is -0.673. The summed E-state index contributed by atoms with van der Waals surface area (Å²) < 4.78 is 82.9. The molecule has 1 aromatic heterocycles. The predicted octanol–water partition coefficient (Wildman–Crippen LogP) is 4.91. The molecule has 236 valence electrons. The van der Waals surface area contributed by atoms with Crippen LogP contribution in [-0.4, -0.2) is 60.4 Å². The predicted molar refractivity (Wildman–Crippen MR) is 166 cm³/mol. The molecule has 2 aliphatic rings. The average Bonchev–Trinajstić information content (AvgIpc) is 3.49. The van der Waals surface area contributed by atoms with Crippen LogP contribution in [0.3, 0.4) is 0 Å². The zero-order valence-electron chi connectivity index (χ0n) is 25.0. The smallest absolute Gasteiger partial charge is 0.374 e. The van der Waals surface area contributed by atoms with Crippen molar-refractivity contribution in [1.29, 1.82) is 0 Å². The van der Waals surface area contributed by atoms with Crippen LogP contribution in [-0.2, 0) is 31.5 Å². The Kier molecular flexibility index (Phi) is 9.74. The van der Waals surface area contributed by atoms with Crippen molar-refractivity contribution in [2.45, 2.75) is 65.0 Å². The molecule has 1 N–H and O–H groups in total. The molecule has 2 atom stereocenters. The number of nitrogens with zero attached hydrogens (tertiary/aromatic N) is 2. The molecule has 10 nitrogen and oxygen atoms in total. The van der Waals surface area contributed by atoms with Crippen LogP contribution in [0.15, 0.2) is 70.5 Å². The number of benzene rings is 2. The number of oxazole rings is 1. The zero-order chi connectivity index (χ0) is 31.5. The van der Waals surface area contributed by atoms with Crippen LogP contribution >= 0.6 is 0 Å². The van der Waals surface area contributed by atoms with Crippen molar-refractivity contribution in [1.82, 2.24) is 0 Å². The van der Waals surface area contributed by atoms with Crippen molar-refractivity contribution in [3.8, 4) is 11.1 Å². The molecule has 1 aliphatic carbocycles. The second-order valence-corrected chi connectivity index (χ2v) is 14.7. The number of hydrogen-bond donors (Lipinski definition) is 1. The summed E-state index contributed by atoms with van der Waals surface area (Å²) in [5, 5.41) is 0. The van der Waals surface area contributed by atoms with E-state index in [2.05, 4.69) is 11.5 Å². The van der Waals surface area contributed by atoms with E-state index in [1.54, 1.807) is 4.57 Å². The Morgan fingerprint density at radius 2 is 1.80 bits per heavy atom.